The standard InChI is InChI=1S/C16H20/c1-2-6-13(7-3-1)10-14-11-15-8-4-5-9-16(15)12-14/h4-5,8-9,11,13H,1-3,6-7,10,12H2. The third-order valence-corrected chi connectivity index (χ3v) is 4.11. The van der Waals surface area contributed by atoms with E-state index in [4.69, 9.17) is 0 Å². The average molecular weight is 212 g/mol. The molecule has 1 aromatic rings. The molecule has 0 amide bonds. The molecule has 16 heavy (non-hydrogen) atoms. The van der Waals surface area contributed by atoms with E-state index in [1.165, 1.54) is 56.1 Å². The van der Waals surface area contributed by atoms with Gasteiger partial charge in [-0.3, -0.25) is 0 Å². The quantitative estimate of drug-likeness (QED) is 0.672. The molecule has 0 spiro atoms. The fraction of sp³-hybridized carbons (Fsp3) is 0.500. The number of fused-ring (bicyclic) bond motifs is 1. The van der Waals surface area contributed by atoms with Gasteiger partial charge in [0.25, 0.3) is 0 Å². The average Bonchev–Trinajstić information content (AvgIpc) is 2.72. The van der Waals surface area contributed by atoms with Gasteiger partial charge in [-0.15, -0.1) is 0 Å². The van der Waals surface area contributed by atoms with Crippen LogP contribution in [-0.4, -0.2) is 0 Å². The molecular weight excluding hydrogens is 192 g/mol. The fourth-order valence-electron chi connectivity index (χ4n) is 3.24. The van der Waals surface area contributed by atoms with E-state index in [2.05, 4.69) is 30.3 Å². The van der Waals surface area contributed by atoms with Gasteiger partial charge >= 0.3 is 0 Å². The van der Waals surface area contributed by atoms with Crippen LogP contribution in [0.2, 0.25) is 0 Å². The summed E-state index contributed by atoms with van der Waals surface area (Å²) in [7, 11) is 0. The van der Waals surface area contributed by atoms with Crippen LogP contribution in [0.5, 0.6) is 0 Å². The minimum Gasteiger partial charge on any atom is -0.0649 e. The van der Waals surface area contributed by atoms with Gasteiger partial charge in [-0.2, -0.15) is 0 Å². The maximum atomic E-state index is 2.43. The molecule has 0 atom stereocenters. The summed E-state index contributed by atoms with van der Waals surface area (Å²) >= 11 is 0. The minimum atomic E-state index is 0.981. The minimum absolute atomic E-state index is 0.981. The highest BCUT2D eigenvalue weighted by molar-refractivity contribution is 5.63. The molecule has 2 aliphatic carbocycles. The Labute approximate surface area is 98.4 Å². The molecule has 1 fully saturated rings. The number of hydrogen-bond acceptors (Lipinski definition) is 0. The molecule has 3 rings (SSSR count). The summed E-state index contributed by atoms with van der Waals surface area (Å²) in [5.74, 6) is 0.981. The molecule has 0 nitrogen and oxygen atoms in total. The van der Waals surface area contributed by atoms with Gasteiger partial charge in [0.05, 0.1) is 0 Å². The van der Waals surface area contributed by atoms with Crippen molar-refractivity contribution in [3.63, 3.8) is 0 Å². The summed E-state index contributed by atoms with van der Waals surface area (Å²) in [5.41, 5.74) is 4.68. The van der Waals surface area contributed by atoms with Gasteiger partial charge in [0, 0.05) is 0 Å². The van der Waals surface area contributed by atoms with Crippen molar-refractivity contribution >= 4 is 6.08 Å². The molecule has 1 aromatic carbocycles. The van der Waals surface area contributed by atoms with Crippen LogP contribution in [0.4, 0.5) is 0 Å². The molecular formula is C16H20. The topological polar surface area (TPSA) is 0 Å². The van der Waals surface area contributed by atoms with Crippen LogP contribution in [0.1, 0.15) is 49.7 Å². The van der Waals surface area contributed by atoms with Crippen molar-refractivity contribution in [3.8, 4) is 0 Å². The van der Waals surface area contributed by atoms with Gasteiger partial charge in [-0.05, 0) is 29.9 Å². The maximum Gasteiger partial charge on any atom is -0.00577 e. The van der Waals surface area contributed by atoms with E-state index in [1.54, 1.807) is 5.57 Å². The molecule has 0 radical (unpaired) electrons. The lowest BCUT2D eigenvalue weighted by molar-refractivity contribution is 0.355. The Hall–Kier alpha value is -1.04. The van der Waals surface area contributed by atoms with Crippen molar-refractivity contribution in [1.29, 1.82) is 0 Å². The van der Waals surface area contributed by atoms with E-state index in [0.29, 0.717) is 0 Å². The zero-order valence-corrected chi connectivity index (χ0v) is 9.91. The Morgan fingerprint density at radius 2 is 1.81 bits per heavy atom. The first-order valence-corrected chi connectivity index (χ1v) is 6.69. The summed E-state index contributed by atoms with van der Waals surface area (Å²) < 4.78 is 0. The van der Waals surface area contributed by atoms with E-state index in [9.17, 15) is 0 Å². The first-order chi connectivity index (χ1) is 7.92. The first-order valence-electron chi connectivity index (χ1n) is 6.69. The van der Waals surface area contributed by atoms with E-state index >= 15 is 0 Å². The van der Waals surface area contributed by atoms with Crippen LogP contribution in [0.15, 0.2) is 29.8 Å². The summed E-state index contributed by atoms with van der Waals surface area (Å²) in [6, 6.07) is 8.85. The lowest BCUT2D eigenvalue weighted by Crippen LogP contribution is -2.07. The largest absolute Gasteiger partial charge is 0.0649 e. The Morgan fingerprint density at radius 3 is 2.62 bits per heavy atom. The molecule has 0 saturated heterocycles. The molecule has 1 saturated carbocycles. The molecule has 0 bridgehead atoms. The molecule has 0 aromatic heterocycles. The summed E-state index contributed by atoms with van der Waals surface area (Å²) in [6.45, 7) is 0. The number of hydrogen-bond donors (Lipinski definition) is 0. The number of rotatable bonds is 2. The normalized spacial score (nSPS) is 20.6. The Balaban J connectivity index is 1.66. The van der Waals surface area contributed by atoms with Crippen molar-refractivity contribution in [2.24, 2.45) is 5.92 Å². The second kappa shape index (κ2) is 4.45. The maximum absolute atomic E-state index is 2.43. The lowest BCUT2D eigenvalue weighted by Gasteiger charge is -2.21. The Bertz CT molecular complexity index is 394. The highest BCUT2D eigenvalue weighted by Crippen LogP contribution is 2.34. The van der Waals surface area contributed by atoms with Crippen LogP contribution in [0.3, 0.4) is 0 Å². The zero-order valence-electron chi connectivity index (χ0n) is 9.91. The van der Waals surface area contributed by atoms with E-state index in [-0.39, 0.29) is 0 Å². The smallest absolute Gasteiger partial charge is 0.00577 e. The molecule has 0 N–H and O–H groups in total. The molecule has 0 unspecified atom stereocenters. The highest BCUT2D eigenvalue weighted by Gasteiger charge is 2.18. The summed E-state index contributed by atoms with van der Waals surface area (Å²) in [4.78, 5) is 0. The van der Waals surface area contributed by atoms with E-state index in [1.807, 2.05) is 0 Å². The van der Waals surface area contributed by atoms with E-state index < -0.39 is 0 Å². The Morgan fingerprint density at radius 1 is 1.00 bits per heavy atom. The SMILES string of the molecule is C1=C(CC2CCCCC2)Cc2ccccc21. The third kappa shape index (κ3) is 2.07. The van der Waals surface area contributed by atoms with Crippen LogP contribution in [-0.2, 0) is 6.42 Å². The third-order valence-electron chi connectivity index (χ3n) is 4.11. The van der Waals surface area contributed by atoms with Gasteiger partial charge in [0.2, 0.25) is 0 Å². The van der Waals surface area contributed by atoms with Crippen molar-refractivity contribution in [1.82, 2.24) is 0 Å². The fourth-order valence-corrected chi connectivity index (χ4v) is 3.24. The van der Waals surface area contributed by atoms with Crippen molar-refractivity contribution < 1.29 is 0 Å². The first kappa shape index (κ1) is 10.1. The predicted octanol–water partition coefficient (Wildman–Crippen LogP) is 4.60. The van der Waals surface area contributed by atoms with Crippen LogP contribution in [0, 0.1) is 5.92 Å². The van der Waals surface area contributed by atoms with Gasteiger partial charge in [0.15, 0.2) is 0 Å². The molecule has 84 valence electrons. The van der Waals surface area contributed by atoms with Crippen LogP contribution >= 0.6 is 0 Å². The molecule has 0 heteroatoms. The second-order valence-corrected chi connectivity index (χ2v) is 5.39. The van der Waals surface area contributed by atoms with Crippen LogP contribution in [0.25, 0.3) is 6.08 Å². The van der Waals surface area contributed by atoms with Crippen molar-refractivity contribution in [3.05, 3.63) is 41.0 Å². The summed E-state index contributed by atoms with van der Waals surface area (Å²) in [5, 5.41) is 0. The van der Waals surface area contributed by atoms with Gasteiger partial charge in [-0.25, -0.2) is 0 Å². The monoisotopic (exact) mass is 212 g/mol. The van der Waals surface area contributed by atoms with Crippen LogP contribution < -0.4 is 0 Å². The molecule has 0 heterocycles. The zero-order chi connectivity index (χ0) is 10.8. The number of allylic oxidation sites excluding steroid dienone is 1. The van der Waals surface area contributed by atoms with E-state index in [0.717, 1.165) is 5.92 Å². The molecule has 2 aliphatic rings. The summed E-state index contributed by atoms with van der Waals surface area (Å²) in [6.07, 6.45) is 12.3. The number of benzene rings is 1. The second-order valence-electron chi connectivity index (χ2n) is 5.39. The van der Waals surface area contributed by atoms with Gasteiger partial charge in [-0.1, -0.05) is 68.0 Å². The lowest BCUT2D eigenvalue weighted by atomic mass is 9.84. The van der Waals surface area contributed by atoms with Crippen molar-refractivity contribution in [2.45, 2.75) is 44.9 Å². The highest BCUT2D eigenvalue weighted by atomic mass is 14.2. The Kier molecular flexibility index (Phi) is 2.82. The van der Waals surface area contributed by atoms with Crippen molar-refractivity contribution in [2.75, 3.05) is 0 Å². The predicted molar refractivity (Wildman–Crippen MR) is 69.3 cm³/mol. The van der Waals surface area contributed by atoms with Gasteiger partial charge < -0.3 is 0 Å². The van der Waals surface area contributed by atoms with Gasteiger partial charge in [0.1, 0.15) is 0 Å². The molecule has 0 aliphatic heterocycles.